The molecule has 1 atom stereocenters. The van der Waals surface area contributed by atoms with E-state index in [0.717, 1.165) is 6.07 Å². The lowest BCUT2D eigenvalue weighted by Gasteiger charge is -2.18. The SMILES string of the molecule is COc1ccccc1[C@H](C)NS(=O)(=O)c1cc([N+](=O)[O-])ccc1C. The van der Waals surface area contributed by atoms with Crippen molar-refractivity contribution in [1.82, 2.24) is 4.72 Å². The fourth-order valence-electron chi connectivity index (χ4n) is 2.38. The van der Waals surface area contributed by atoms with Crippen molar-refractivity contribution >= 4 is 15.7 Å². The van der Waals surface area contributed by atoms with Gasteiger partial charge in [0, 0.05) is 23.7 Å². The number of hydrogen-bond donors (Lipinski definition) is 1. The molecule has 0 saturated heterocycles. The number of sulfonamides is 1. The highest BCUT2D eigenvalue weighted by atomic mass is 32.2. The number of methoxy groups -OCH3 is 1. The molecule has 0 aromatic heterocycles. The molecule has 0 aliphatic rings. The van der Waals surface area contributed by atoms with Crippen LogP contribution >= 0.6 is 0 Å². The number of para-hydroxylation sites is 1. The lowest BCUT2D eigenvalue weighted by atomic mass is 10.1. The van der Waals surface area contributed by atoms with Crippen LogP contribution in [-0.2, 0) is 10.0 Å². The van der Waals surface area contributed by atoms with Gasteiger partial charge in [0.2, 0.25) is 10.0 Å². The van der Waals surface area contributed by atoms with Crippen LogP contribution in [0.1, 0.15) is 24.1 Å². The predicted octanol–water partition coefficient (Wildman–Crippen LogP) is 2.95. The van der Waals surface area contributed by atoms with Crippen molar-refractivity contribution in [3.8, 4) is 5.75 Å². The molecule has 7 nitrogen and oxygen atoms in total. The summed E-state index contributed by atoms with van der Waals surface area (Å²) in [4.78, 5) is 10.2. The van der Waals surface area contributed by atoms with E-state index in [1.54, 1.807) is 38.1 Å². The molecule has 0 unspecified atom stereocenters. The highest BCUT2D eigenvalue weighted by Crippen LogP contribution is 2.27. The van der Waals surface area contributed by atoms with Gasteiger partial charge in [-0.2, -0.15) is 0 Å². The second kappa shape index (κ2) is 6.98. The van der Waals surface area contributed by atoms with Crippen LogP contribution in [-0.4, -0.2) is 20.5 Å². The molecule has 0 spiro atoms. The van der Waals surface area contributed by atoms with E-state index in [9.17, 15) is 18.5 Å². The van der Waals surface area contributed by atoms with E-state index in [0.29, 0.717) is 16.9 Å². The summed E-state index contributed by atoms with van der Waals surface area (Å²) >= 11 is 0. The van der Waals surface area contributed by atoms with Crippen LogP contribution in [0.2, 0.25) is 0 Å². The van der Waals surface area contributed by atoms with Crippen LogP contribution < -0.4 is 9.46 Å². The largest absolute Gasteiger partial charge is 0.496 e. The van der Waals surface area contributed by atoms with Crippen LogP contribution in [0.4, 0.5) is 5.69 Å². The molecule has 0 saturated carbocycles. The minimum absolute atomic E-state index is 0.113. The summed E-state index contributed by atoms with van der Waals surface area (Å²) in [5, 5.41) is 10.9. The number of ether oxygens (including phenoxy) is 1. The van der Waals surface area contributed by atoms with Crippen molar-refractivity contribution in [2.45, 2.75) is 24.8 Å². The smallest absolute Gasteiger partial charge is 0.270 e. The van der Waals surface area contributed by atoms with Gasteiger partial charge in [-0.15, -0.1) is 0 Å². The molecule has 0 heterocycles. The summed E-state index contributed by atoms with van der Waals surface area (Å²) in [6.07, 6.45) is 0. The van der Waals surface area contributed by atoms with Gasteiger partial charge >= 0.3 is 0 Å². The Morgan fingerprint density at radius 3 is 2.50 bits per heavy atom. The molecule has 0 amide bonds. The number of benzene rings is 2. The van der Waals surface area contributed by atoms with Gasteiger partial charge in [-0.3, -0.25) is 10.1 Å². The first-order valence-electron chi connectivity index (χ1n) is 7.16. The van der Waals surface area contributed by atoms with Gasteiger partial charge in [0.1, 0.15) is 5.75 Å². The zero-order valence-electron chi connectivity index (χ0n) is 13.5. The van der Waals surface area contributed by atoms with Crippen molar-refractivity contribution in [2.24, 2.45) is 0 Å². The van der Waals surface area contributed by atoms with Crippen LogP contribution in [0.15, 0.2) is 47.4 Å². The van der Waals surface area contributed by atoms with Gasteiger partial charge in [-0.1, -0.05) is 24.3 Å². The maximum Gasteiger partial charge on any atom is 0.270 e. The lowest BCUT2D eigenvalue weighted by molar-refractivity contribution is -0.385. The Bertz CT molecular complexity index is 865. The molecule has 1 N–H and O–H groups in total. The monoisotopic (exact) mass is 350 g/mol. The molecule has 24 heavy (non-hydrogen) atoms. The molecule has 2 aromatic rings. The van der Waals surface area contributed by atoms with E-state index in [4.69, 9.17) is 4.74 Å². The zero-order valence-corrected chi connectivity index (χ0v) is 14.3. The van der Waals surface area contributed by atoms with Gasteiger partial charge in [-0.05, 0) is 25.5 Å². The number of nitro groups is 1. The number of non-ortho nitro benzene ring substituents is 1. The molecule has 0 aliphatic carbocycles. The van der Waals surface area contributed by atoms with E-state index in [1.807, 2.05) is 0 Å². The fraction of sp³-hybridized carbons (Fsp3) is 0.250. The molecule has 0 fully saturated rings. The summed E-state index contributed by atoms with van der Waals surface area (Å²) in [6.45, 7) is 3.27. The number of nitrogens with one attached hydrogen (secondary N) is 1. The van der Waals surface area contributed by atoms with Gasteiger partial charge in [0.25, 0.3) is 5.69 Å². The summed E-state index contributed by atoms with van der Waals surface area (Å²) in [6, 6.07) is 10.2. The van der Waals surface area contributed by atoms with E-state index in [-0.39, 0.29) is 10.6 Å². The quantitative estimate of drug-likeness (QED) is 0.638. The average Bonchev–Trinajstić information content (AvgIpc) is 2.54. The highest BCUT2D eigenvalue weighted by Gasteiger charge is 2.24. The lowest BCUT2D eigenvalue weighted by Crippen LogP contribution is -2.27. The second-order valence-electron chi connectivity index (χ2n) is 5.29. The normalized spacial score (nSPS) is 12.6. The first kappa shape index (κ1) is 17.9. The Morgan fingerprint density at radius 2 is 1.88 bits per heavy atom. The highest BCUT2D eigenvalue weighted by molar-refractivity contribution is 7.89. The summed E-state index contributed by atoms with van der Waals surface area (Å²) in [7, 11) is -2.42. The fourth-order valence-corrected chi connectivity index (χ4v) is 3.86. The number of nitro benzene ring substituents is 1. The molecule has 0 radical (unpaired) electrons. The molecule has 0 bridgehead atoms. The third-order valence-corrected chi connectivity index (χ3v) is 5.29. The molecular formula is C16H18N2O5S. The summed E-state index contributed by atoms with van der Waals surface area (Å²) < 4.78 is 33.1. The molecule has 2 aromatic carbocycles. The number of hydrogen-bond acceptors (Lipinski definition) is 5. The summed E-state index contributed by atoms with van der Waals surface area (Å²) in [5.74, 6) is 0.559. The van der Waals surface area contributed by atoms with Crippen molar-refractivity contribution < 1.29 is 18.1 Å². The number of aryl methyl sites for hydroxylation is 1. The van der Waals surface area contributed by atoms with Gasteiger partial charge in [0.05, 0.1) is 16.9 Å². The molecule has 128 valence electrons. The Labute approximate surface area is 140 Å². The standard InChI is InChI=1S/C16H18N2O5S/c1-11-8-9-13(18(19)20)10-16(11)24(21,22)17-12(2)14-6-4-5-7-15(14)23-3/h4-10,12,17H,1-3H3/t12-/m0/s1. The topological polar surface area (TPSA) is 98.5 Å². The maximum atomic E-state index is 12.6. The Morgan fingerprint density at radius 1 is 1.21 bits per heavy atom. The minimum Gasteiger partial charge on any atom is -0.496 e. The number of nitrogens with zero attached hydrogens (tertiary/aromatic N) is 1. The Hall–Kier alpha value is -2.45. The predicted molar refractivity (Wildman–Crippen MR) is 89.6 cm³/mol. The molecule has 0 aliphatic heterocycles. The second-order valence-corrected chi connectivity index (χ2v) is 6.97. The first-order valence-corrected chi connectivity index (χ1v) is 8.65. The van der Waals surface area contributed by atoms with Gasteiger partial charge in [0.15, 0.2) is 0 Å². The van der Waals surface area contributed by atoms with Crippen molar-refractivity contribution in [2.75, 3.05) is 7.11 Å². The minimum atomic E-state index is -3.93. The van der Waals surface area contributed by atoms with Crippen molar-refractivity contribution in [3.63, 3.8) is 0 Å². The van der Waals surface area contributed by atoms with Crippen molar-refractivity contribution in [1.29, 1.82) is 0 Å². The van der Waals surface area contributed by atoms with E-state index < -0.39 is 21.0 Å². The molecular weight excluding hydrogens is 332 g/mol. The third kappa shape index (κ3) is 3.72. The van der Waals surface area contributed by atoms with Crippen LogP contribution in [0, 0.1) is 17.0 Å². The average molecular weight is 350 g/mol. The van der Waals surface area contributed by atoms with Gasteiger partial charge < -0.3 is 4.74 Å². The first-order chi connectivity index (χ1) is 11.3. The zero-order chi connectivity index (χ0) is 17.9. The van der Waals surface area contributed by atoms with Crippen LogP contribution in [0.3, 0.4) is 0 Å². The van der Waals surface area contributed by atoms with Crippen LogP contribution in [0.25, 0.3) is 0 Å². The Balaban J connectivity index is 2.38. The van der Waals surface area contributed by atoms with E-state index in [1.165, 1.54) is 19.2 Å². The molecule has 8 heteroatoms. The van der Waals surface area contributed by atoms with Crippen LogP contribution in [0.5, 0.6) is 5.75 Å². The van der Waals surface area contributed by atoms with Gasteiger partial charge in [-0.25, -0.2) is 13.1 Å². The van der Waals surface area contributed by atoms with E-state index >= 15 is 0 Å². The third-order valence-electron chi connectivity index (χ3n) is 3.61. The molecule has 2 rings (SSSR count). The summed E-state index contributed by atoms with van der Waals surface area (Å²) in [5.41, 5.74) is 0.831. The van der Waals surface area contributed by atoms with E-state index in [2.05, 4.69) is 4.72 Å². The Kier molecular flexibility index (Phi) is 5.20. The maximum absolute atomic E-state index is 12.6. The van der Waals surface area contributed by atoms with Crippen molar-refractivity contribution in [3.05, 3.63) is 63.7 Å². The number of rotatable bonds is 6.